The average molecular weight is 253 g/mol. The van der Waals surface area contributed by atoms with Gasteiger partial charge in [0.25, 0.3) is 0 Å². The second-order valence-electron chi connectivity index (χ2n) is 3.27. The number of anilines is 1. The zero-order chi connectivity index (χ0) is 11.5. The summed E-state index contributed by atoms with van der Waals surface area (Å²) in [7, 11) is 0. The molecule has 2 aromatic rings. The summed E-state index contributed by atoms with van der Waals surface area (Å²) in [5.41, 5.74) is 6.58. The molecule has 0 bridgehead atoms. The molecule has 0 unspecified atom stereocenters. The number of nitrogens with zero attached hydrogens (tertiary/aromatic N) is 2. The topological polar surface area (TPSA) is 67.6 Å². The van der Waals surface area contributed by atoms with Crippen LogP contribution in [-0.2, 0) is 6.42 Å². The normalized spacial score (nSPS) is 10.3. The molecule has 0 aliphatic carbocycles. The Hall–Kier alpha value is -1.46. The van der Waals surface area contributed by atoms with E-state index in [4.69, 9.17) is 29.6 Å². The SMILES string of the molecule is Nc1nc(=S)nc(Cc2cccc(Cl)c2)[nH]1. The van der Waals surface area contributed by atoms with Crippen LogP contribution in [-0.4, -0.2) is 15.0 Å². The van der Waals surface area contributed by atoms with Crippen LogP contribution >= 0.6 is 23.8 Å². The van der Waals surface area contributed by atoms with E-state index in [1.165, 1.54) is 0 Å². The number of benzene rings is 1. The van der Waals surface area contributed by atoms with Crippen molar-refractivity contribution in [2.45, 2.75) is 6.42 Å². The molecule has 0 fully saturated rings. The summed E-state index contributed by atoms with van der Waals surface area (Å²) < 4.78 is 0.244. The molecule has 1 heterocycles. The zero-order valence-electron chi connectivity index (χ0n) is 8.27. The summed E-state index contributed by atoms with van der Waals surface area (Å²) in [6, 6.07) is 7.54. The Bertz CT molecular complexity index is 567. The van der Waals surface area contributed by atoms with Crippen LogP contribution in [0.5, 0.6) is 0 Å². The molecule has 0 aliphatic rings. The van der Waals surface area contributed by atoms with Gasteiger partial charge < -0.3 is 10.7 Å². The van der Waals surface area contributed by atoms with Gasteiger partial charge in [-0.25, -0.2) is 4.98 Å². The first kappa shape index (κ1) is 11.0. The average Bonchev–Trinajstić information content (AvgIpc) is 2.15. The first-order valence-corrected chi connectivity index (χ1v) is 5.39. The number of hydrogen-bond donors (Lipinski definition) is 2. The molecule has 0 amide bonds. The minimum Gasteiger partial charge on any atom is -0.369 e. The molecule has 0 spiro atoms. The lowest BCUT2D eigenvalue weighted by atomic mass is 10.1. The fourth-order valence-electron chi connectivity index (χ4n) is 1.37. The van der Waals surface area contributed by atoms with Crippen molar-refractivity contribution in [1.29, 1.82) is 0 Å². The molecule has 4 nitrogen and oxygen atoms in total. The van der Waals surface area contributed by atoms with E-state index < -0.39 is 0 Å². The number of nitrogen functional groups attached to an aromatic ring is 1. The van der Waals surface area contributed by atoms with Crippen molar-refractivity contribution in [3.8, 4) is 0 Å². The molecule has 0 aliphatic heterocycles. The van der Waals surface area contributed by atoms with Crippen molar-refractivity contribution < 1.29 is 0 Å². The van der Waals surface area contributed by atoms with Crippen molar-refractivity contribution in [3.05, 3.63) is 45.4 Å². The number of aromatic nitrogens is 3. The minimum absolute atomic E-state index is 0.244. The van der Waals surface area contributed by atoms with Gasteiger partial charge in [-0.05, 0) is 29.9 Å². The first-order valence-electron chi connectivity index (χ1n) is 4.60. The van der Waals surface area contributed by atoms with Crippen LogP contribution in [0.3, 0.4) is 0 Å². The van der Waals surface area contributed by atoms with Crippen molar-refractivity contribution in [1.82, 2.24) is 15.0 Å². The fourth-order valence-corrected chi connectivity index (χ4v) is 1.79. The Morgan fingerprint density at radius 1 is 1.38 bits per heavy atom. The third-order valence-electron chi connectivity index (χ3n) is 1.98. The van der Waals surface area contributed by atoms with Crippen LogP contribution in [0.2, 0.25) is 5.02 Å². The van der Waals surface area contributed by atoms with E-state index in [9.17, 15) is 0 Å². The molecular formula is C10H9ClN4S. The number of rotatable bonds is 2. The van der Waals surface area contributed by atoms with E-state index in [0.29, 0.717) is 17.3 Å². The Kier molecular flexibility index (Phi) is 3.17. The van der Waals surface area contributed by atoms with Crippen LogP contribution in [0.4, 0.5) is 5.95 Å². The van der Waals surface area contributed by atoms with Crippen LogP contribution in [0.1, 0.15) is 11.4 Å². The smallest absolute Gasteiger partial charge is 0.224 e. The lowest BCUT2D eigenvalue weighted by molar-refractivity contribution is 0.916. The molecule has 2 rings (SSSR count). The number of nitrogens with two attached hydrogens (primary N) is 1. The molecular weight excluding hydrogens is 244 g/mol. The number of halogens is 1. The summed E-state index contributed by atoms with van der Waals surface area (Å²) >= 11 is 10.8. The molecule has 6 heteroatoms. The van der Waals surface area contributed by atoms with Crippen molar-refractivity contribution in [2.75, 3.05) is 5.73 Å². The van der Waals surface area contributed by atoms with E-state index in [0.717, 1.165) is 5.56 Å². The predicted octanol–water partition coefficient (Wildman–Crippen LogP) is 2.36. The molecule has 0 saturated carbocycles. The summed E-state index contributed by atoms with van der Waals surface area (Å²) in [6.07, 6.45) is 0.594. The van der Waals surface area contributed by atoms with Gasteiger partial charge in [-0.1, -0.05) is 23.7 Å². The highest BCUT2D eigenvalue weighted by Crippen LogP contribution is 2.13. The highest BCUT2D eigenvalue weighted by atomic mass is 35.5. The largest absolute Gasteiger partial charge is 0.369 e. The third kappa shape index (κ3) is 2.77. The maximum atomic E-state index is 5.89. The number of H-pyrrole nitrogens is 1. The molecule has 0 atom stereocenters. The van der Waals surface area contributed by atoms with Gasteiger partial charge >= 0.3 is 0 Å². The summed E-state index contributed by atoms with van der Waals surface area (Å²) in [5, 5.41) is 0.693. The standard InChI is InChI=1S/C10H9ClN4S/c11-7-3-1-2-6(4-7)5-8-13-9(12)15-10(16)14-8/h1-4H,5H2,(H3,12,13,14,15,16). The Morgan fingerprint density at radius 3 is 2.88 bits per heavy atom. The Morgan fingerprint density at radius 2 is 2.19 bits per heavy atom. The van der Waals surface area contributed by atoms with Gasteiger partial charge in [0.2, 0.25) is 10.7 Å². The molecule has 1 aromatic carbocycles. The number of hydrogen-bond acceptors (Lipinski definition) is 4. The molecule has 3 N–H and O–H groups in total. The summed E-state index contributed by atoms with van der Waals surface area (Å²) in [6.45, 7) is 0. The number of aromatic amines is 1. The lowest BCUT2D eigenvalue weighted by Crippen LogP contribution is -2.03. The van der Waals surface area contributed by atoms with Crippen LogP contribution in [0, 0.1) is 4.77 Å². The van der Waals surface area contributed by atoms with Crippen molar-refractivity contribution >= 4 is 29.8 Å². The molecule has 82 valence electrons. The van der Waals surface area contributed by atoms with Gasteiger partial charge in [-0.3, -0.25) is 0 Å². The molecule has 16 heavy (non-hydrogen) atoms. The van der Waals surface area contributed by atoms with E-state index in [-0.39, 0.29) is 10.7 Å². The van der Waals surface area contributed by atoms with E-state index in [2.05, 4.69) is 15.0 Å². The Labute approximate surface area is 103 Å². The monoisotopic (exact) mass is 252 g/mol. The van der Waals surface area contributed by atoms with Gasteiger partial charge in [0.1, 0.15) is 5.82 Å². The molecule has 0 saturated heterocycles. The van der Waals surface area contributed by atoms with E-state index >= 15 is 0 Å². The molecule has 1 aromatic heterocycles. The van der Waals surface area contributed by atoms with Crippen LogP contribution in [0.15, 0.2) is 24.3 Å². The van der Waals surface area contributed by atoms with Crippen molar-refractivity contribution in [3.63, 3.8) is 0 Å². The van der Waals surface area contributed by atoms with Crippen LogP contribution in [0.25, 0.3) is 0 Å². The molecule has 0 radical (unpaired) electrons. The van der Waals surface area contributed by atoms with E-state index in [1.807, 2.05) is 24.3 Å². The first-order chi connectivity index (χ1) is 7.63. The van der Waals surface area contributed by atoms with E-state index in [1.54, 1.807) is 0 Å². The van der Waals surface area contributed by atoms with Gasteiger partial charge in [-0.15, -0.1) is 0 Å². The fraction of sp³-hybridized carbons (Fsp3) is 0.100. The summed E-state index contributed by atoms with van der Waals surface area (Å²) in [4.78, 5) is 10.7. The van der Waals surface area contributed by atoms with Gasteiger partial charge in [0.15, 0.2) is 0 Å². The number of nitrogens with one attached hydrogen (secondary N) is 1. The van der Waals surface area contributed by atoms with Gasteiger partial charge in [-0.2, -0.15) is 4.98 Å². The summed E-state index contributed by atoms with van der Waals surface area (Å²) in [5.74, 6) is 0.955. The second kappa shape index (κ2) is 4.59. The second-order valence-corrected chi connectivity index (χ2v) is 4.07. The Balaban J connectivity index is 2.30. The maximum Gasteiger partial charge on any atom is 0.224 e. The predicted molar refractivity (Wildman–Crippen MR) is 65.9 cm³/mol. The highest BCUT2D eigenvalue weighted by molar-refractivity contribution is 7.71. The lowest BCUT2D eigenvalue weighted by Gasteiger charge is -2.02. The van der Waals surface area contributed by atoms with Crippen molar-refractivity contribution in [2.24, 2.45) is 0 Å². The van der Waals surface area contributed by atoms with Gasteiger partial charge in [0, 0.05) is 11.4 Å². The van der Waals surface area contributed by atoms with Gasteiger partial charge in [0.05, 0.1) is 0 Å². The highest BCUT2D eigenvalue weighted by Gasteiger charge is 2.00. The maximum absolute atomic E-state index is 5.89. The zero-order valence-corrected chi connectivity index (χ0v) is 9.85. The third-order valence-corrected chi connectivity index (χ3v) is 2.40. The van der Waals surface area contributed by atoms with Crippen LogP contribution < -0.4 is 5.73 Å². The quantitative estimate of drug-likeness (QED) is 0.806. The minimum atomic E-state index is 0.244.